The number of carbonyl (C=O) groups excluding carboxylic acids is 1. The zero-order valence-corrected chi connectivity index (χ0v) is 14.5. The average Bonchev–Trinajstić information content (AvgIpc) is 2.85. The SMILES string of the molecule is CC(=O)Nc1nc2ccc(-c3cncc(NS(C)(=O)=O)c3)cc2s1. The topological polar surface area (TPSA) is 101 Å². The molecule has 0 bridgehead atoms. The van der Waals surface area contributed by atoms with E-state index in [9.17, 15) is 13.2 Å². The Balaban J connectivity index is 1.97. The second-order valence-electron chi connectivity index (χ2n) is 5.22. The summed E-state index contributed by atoms with van der Waals surface area (Å²) in [7, 11) is -3.36. The third-order valence-corrected chi connectivity index (χ3v) is 4.59. The quantitative estimate of drug-likeness (QED) is 0.743. The molecule has 3 aromatic rings. The molecule has 1 aromatic carbocycles. The fourth-order valence-corrected chi connectivity index (χ4v) is 3.67. The van der Waals surface area contributed by atoms with Crippen LogP contribution >= 0.6 is 11.3 Å². The van der Waals surface area contributed by atoms with Crippen molar-refractivity contribution in [3.8, 4) is 11.1 Å². The van der Waals surface area contributed by atoms with Gasteiger partial charge in [-0.05, 0) is 23.8 Å². The van der Waals surface area contributed by atoms with E-state index >= 15 is 0 Å². The first kappa shape index (κ1) is 16.3. The van der Waals surface area contributed by atoms with E-state index in [-0.39, 0.29) is 5.91 Å². The molecule has 0 saturated carbocycles. The van der Waals surface area contributed by atoms with Crippen LogP contribution in [0.25, 0.3) is 21.3 Å². The molecular weight excluding hydrogens is 348 g/mol. The van der Waals surface area contributed by atoms with E-state index in [4.69, 9.17) is 0 Å². The molecule has 1 amide bonds. The number of nitrogens with zero attached hydrogens (tertiary/aromatic N) is 2. The molecule has 3 rings (SSSR count). The molecule has 0 saturated heterocycles. The van der Waals surface area contributed by atoms with Crippen molar-refractivity contribution < 1.29 is 13.2 Å². The van der Waals surface area contributed by atoms with Crippen molar-refractivity contribution in [1.29, 1.82) is 0 Å². The average molecular weight is 362 g/mol. The van der Waals surface area contributed by atoms with Gasteiger partial charge in [0, 0.05) is 18.7 Å². The van der Waals surface area contributed by atoms with E-state index in [1.165, 1.54) is 24.5 Å². The van der Waals surface area contributed by atoms with Crippen LogP contribution in [0.2, 0.25) is 0 Å². The van der Waals surface area contributed by atoms with Crippen molar-refractivity contribution in [2.75, 3.05) is 16.3 Å². The second kappa shape index (κ2) is 6.17. The molecular formula is C15H14N4O3S2. The molecule has 0 unspecified atom stereocenters. The van der Waals surface area contributed by atoms with Gasteiger partial charge in [0.05, 0.1) is 28.4 Å². The molecule has 0 fully saturated rings. The number of rotatable bonds is 4. The van der Waals surface area contributed by atoms with E-state index < -0.39 is 10.0 Å². The van der Waals surface area contributed by atoms with Crippen LogP contribution in [0.3, 0.4) is 0 Å². The molecule has 2 aromatic heterocycles. The lowest BCUT2D eigenvalue weighted by Crippen LogP contribution is -2.09. The number of anilines is 2. The highest BCUT2D eigenvalue weighted by Crippen LogP contribution is 2.31. The highest BCUT2D eigenvalue weighted by molar-refractivity contribution is 7.92. The number of amides is 1. The third-order valence-electron chi connectivity index (χ3n) is 3.05. The van der Waals surface area contributed by atoms with Crippen molar-refractivity contribution in [2.45, 2.75) is 6.92 Å². The third kappa shape index (κ3) is 3.87. The van der Waals surface area contributed by atoms with Crippen molar-refractivity contribution in [3.63, 3.8) is 0 Å². The van der Waals surface area contributed by atoms with Gasteiger partial charge >= 0.3 is 0 Å². The van der Waals surface area contributed by atoms with Crippen LogP contribution in [0, 0.1) is 0 Å². The Morgan fingerprint density at radius 1 is 1.17 bits per heavy atom. The van der Waals surface area contributed by atoms with Crippen LogP contribution in [0.5, 0.6) is 0 Å². The number of hydrogen-bond donors (Lipinski definition) is 2. The number of carbonyl (C=O) groups is 1. The Morgan fingerprint density at radius 2 is 1.96 bits per heavy atom. The highest BCUT2D eigenvalue weighted by Gasteiger charge is 2.08. The first-order valence-electron chi connectivity index (χ1n) is 6.91. The van der Waals surface area contributed by atoms with Gasteiger partial charge in [0.2, 0.25) is 15.9 Å². The fourth-order valence-electron chi connectivity index (χ4n) is 2.18. The number of aromatic nitrogens is 2. The normalized spacial score (nSPS) is 11.4. The lowest BCUT2D eigenvalue weighted by Gasteiger charge is -2.06. The van der Waals surface area contributed by atoms with Gasteiger partial charge in [-0.25, -0.2) is 13.4 Å². The van der Waals surface area contributed by atoms with Gasteiger partial charge in [0.15, 0.2) is 5.13 Å². The van der Waals surface area contributed by atoms with E-state index in [2.05, 4.69) is 20.0 Å². The van der Waals surface area contributed by atoms with Gasteiger partial charge in [-0.1, -0.05) is 17.4 Å². The molecule has 0 aliphatic carbocycles. The van der Waals surface area contributed by atoms with Gasteiger partial charge < -0.3 is 5.32 Å². The fraction of sp³-hybridized carbons (Fsp3) is 0.133. The Hall–Kier alpha value is -2.52. The maximum atomic E-state index is 11.3. The Bertz CT molecular complexity index is 1030. The summed E-state index contributed by atoms with van der Waals surface area (Å²) in [5.41, 5.74) is 2.84. The van der Waals surface area contributed by atoms with E-state index in [1.54, 1.807) is 12.3 Å². The van der Waals surface area contributed by atoms with Gasteiger partial charge in [0.25, 0.3) is 0 Å². The van der Waals surface area contributed by atoms with Gasteiger partial charge in [-0.15, -0.1) is 0 Å². The smallest absolute Gasteiger partial charge is 0.229 e. The summed E-state index contributed by atoms with van der Waals surface area (Å²) in [4.78, 5) is 19.5. The summed E-state index contributed by atoms with van der Waals surface area (Å²) in [6, 6.07) is 7.37. The second-order valence-corrected chi connectivity index (χ2v) is 8.00. The number of hydrogen-bond acceptors (Lipinski definition) is 6. The van der Waals surface area contributed by atoms with Crippen molar-refractivity contribution in [3.05, 3.63) is 36.7 Å². The molecule has 0 spiro atoms. The van der Waals surface area contributed by atoms with Crippen molar-refractivity contribution in [1.82, 2.24) is 9.97 Å². The summed E-state index contributed by atoms with van der Waals surface area (Å²) in [5, 5.41) is 3.21. The first-order chi connectivity index (χ1) is 11.3. The minimum Gasteiger partial charge on any atom is -0.302 e. The highest BCUT2D eigenvalue weighted by atomic mass is 32.2. The lowest BCUT2D eigenvalue weighted by molar-refractivity contribution is -0.114. The molecule has 0 atom stereocenters. The Kier molecular flexibility index (Phi) is 4.20. The number of benzene rings is 1. The monoisotopic (exact) mass is 362 g/mol. The van der Waals surface area contributed by atoms with Crippen LogP contribution in [0.4, 0.5) is 10.8 Å². The molecule has 0 aliphatic heterocycles. The summed E-state index contributed by atoms with van der Waals surface area (Å²) < 4.78 is 26.0. The number of fused-ring (bicyclic) bond motifs is 1. The zero-order chi connectivity index (χ0) is 17.3. The predicted molar refractivity (Wildman–Crippen MR) is 95.6 cm³/mol. The predicted octanol–water partition coefficient (Wildman–Crippen LogP) is 2.69. The maximum absolute atomic E-state index is 11.3. The largest absolute Gasteiger partial charge is 0.302 e. The van der Waals surface area contributed by atoms with E-state index in [0.29, 0.717) is 10.8 Å². The van der Waals surface area contributed by atoms with E-state index in [1.807, 2.05) is 18.2 Å². The summed E-state index contributed by atoms with van der Waals surface area (Å²) in [5.74, 6) is -0.168. The molecule has 0 aliphatic rings. The molecule has 0 radical (unpaired) electrons. The Morgan fingerprint density at radius 3 is 2.67 bits per heavy atom. The van der Waals surface area contributed by atoms with Crippen molar-refractivity contribution in [2.24, 2.45) is 0 Å². The van der Waals surface area contributed by atoms with Crippen LogP contribution in [0.15, 0.2) is 36.7 Å². The summed E-state index contributed by atoms with van der Waals surface area (Å²) in [6.07, 6.45) is 4.20. The number of sulfonamides is 1. The molecule has 9 heteroatoms. The minimum absolute atomic E-state index is 0.168. The maximum Gasteiger partial charge on any atom is 0.229 e. The van der Waals surface area contributed by atoms with Crippen LogP contribution < -0.4 is 10.0 Å². The molecule has 2 heterocycles. The van der Waals surface area contributed by atoms with Gasteiger partial charge in [-0.3, -0.25) is 14.5 Å². The summed E-state index contributed by atoms with van der Waals surface area (Å²) in [6.45, 7) is 1.43. The first-order valence-corrected chi connectivity index (χ1v) is 9.62. The number of pyridine rings is 1. The molecule has 7 nitrogen and oxygen atoms in total. The zero-order valence-electron chi connectivity index (χ0n) is 12.9. The standard InChI is InChI=1S/C15H14N4O3S2/c1-9(20)17-15-18-13-4-3-10(6-14(13)23-15)11-5-12(8-16-7-11)19-24(2,21)22/h3-8,19H,1-2H3,(H,17,18,20). The van der Waals surface area contributed by atoms with E-state index in [0.717, 1.165) is 27.6 Å². The van der Waals surface area contributed by atoms with Crippen LogP contribution in [0.1, 0.15) is 6.92 Å². The number of thiazole rings is 1. The van der Waals surface area contributed by atoms with Crippen LogP contribution in [-0.4, -0.2) is 30.5 Å². The number of nitrogens with one attached hydrogen (secondary N) is 2. The van der Waals surface area contributed by atoms with Crippen molar-refractivity contribution >= 4 is 48.3 Å². The van der Waals surface area contributed by atoms with Gasteiger partial charge in [0.1, 0.15) is 0 Å². The molecule has 124 valence electrons. The Labute approximate surface area is 142 Å². The lowest BCUT2D eigenvalue weighted by atomic mass is 10.1. The summed E-state index contributed by atoms with van der Waals surface area (Å²) >= 11 is 1.37. The molecule has 24 heavy (non-hydrogen) atoms. The van der Waals surface area contributed by atoms with Gasteiger partial charge in [-0.2, -0.15) is 0 Å². The molecule has 2 N–H and O–H groups in total. The minimum atomic E-state index is -3.36. The van der Waals surface area contributed by atoms with Crippen LogP contribution in [-0.2, 0) is 14.8 Å².